The molecule has 0 bridgehead atoms. The fourth-order valence-electron chi connectivity index (χ4n) is 7.68. The number of allylic oxidation sites excluding steroid dienone is 4. The molecule has 0 atom stereocenters. The number of hydrogen-bond donors (Lipinski definition) is 0. The van der Waals surface area contributed by atoms with Crippen LogP contribution in [0.15, 0.2) is 133 Å². The molecule has 0 heterocycles. The van der Waals surface area contributed by atoms with Crippen LogP contribution in [0.1, 0.15) is 92.5 Å². The standard InChI is InChI=1S/C35H37.C15H12Cl2.C5H5.2ClH.Zr/c1-22-13-9-11-15-26(22)30-18-24-17-25-19-31(27-16-12-10-14-23(27)2)33(35(6,7)8)21-29(25)28(24)20-32(30)34(3,4)5;16-14-8-4-12(5-9-14)2-1-3-13-6-10-15(17)11-7-13;1-2-4-5-3-1;;;/h9-16,18,20-21H,17H2,1-8H3;4-11H,2-3H2;1-3H,4H2;2*1H;/q-1;;-1;;;+2/p-2. The number of benzene rings is 6. The summed E-state index contributed by atoms with van der Waals surface area (Å²) in [5, 5.41) is 1.59. The van der Waals surface area contributed by atoms with Crippen LogP contribution in [0.25, 0.3) is 33.4 Å². The van der Waals surface area contributed by atoms with Crippen molar-refractivity contribution in [3.8, 4) is 33.4 Å². The maximum absolute atomic E-state index is 5.88. The monoisotopic (exact) mass is 944 g/mol. The minimum Gasteiger partial charge on any atom is -1.00 e. The van der Waals surface area contributed by atoms with E-state index in [0.717, 1.165) is 35.7 Å². The predicted molar refractivity (Wildman–Crippen MR) is 248 cm³/mol. The van der Waals surface area contributed by atoms with E-state index in [-0.39, 0.29) is 35.6 Å². The van der Waals surface area contributed by atoms with E-state index in [1.54, 1.807) is 0 Å². The van der Waals surface area contributed by atoms with Crippen LogP contribution in [-0.2, 0) is 54.3 Å². The molecule has 0 N–H and O–H groups in total. The zero-order chi connectivity index (χ0) is 41.6. The van der Waals surface area contributed by atoms with Gasteiger partial charge in [0, 0.05) is 0 Å². The van der Waals surface area contributed by atoms with E-state index in [9.17, 15) is 0 Å². The smallest absolute Gasteiger partial charge is 0.109 e. The van der Waals surface area contributed by atoms with Crippen LogP contribution in [0, 0.1) is 26.0 Å². The summed E-state index contributed by atoms with van der Waals surface area (Å²) in [6.07, 6.45) is 13.0. The average Bonchev–Trinajstić information content (AvgIpc) is 3.88. The van der Waals surface area contributed by atoms with E-state index in [2.05, 4.69) is 165 Å². The Kier molecular flexibility index (Phi) is 17.8. The summed E-state index contributed by atoms with van der Waals surface area (Å²) in [6, 6.07) is 45.0. The summed E-state index contributed by atoms with van der Waals surface area (Å²) in [5.74, 6) is 0. The van der Waals surface area contributed by atoms with Crippen molar-refractivity contribution in [2.45, 2.75) is 91.9 Å². The fraction of sp³-hybridized carbons (Fsp3) is 0.255. The van der Waals surface area contributed by atoms with Gasteiger partial charge in [-0.1, -0.05) is 124 Å². The normalized spacial score (nSPS) is 12.2. The molecule has 60 heavy (non-hydrogen) atoms. The zero-order valence-electron chi connectivity index (χ0n) is 36.0. The van der Waals surface area contributed by atoms with Crippen LogP contribution in [0.2, 0.25) is 10.0 Å². The predicted octanol–water partition coefficient (Wildman–Crippen LogP) is 9.42. The van der Waals surface area contributed by atoms with E-state index in [4.69, 9.17) is 23.2 Å². The first-order chi connectivity index (χ1) is 27.6. The molecule has 6 aromatic rings. The molecule has 0 saturated heterocycles. The second-order valence-electron chi connectivity index (χ2n) is 17.5. The van der Waals surface area contributed by atoms with Crippen LogP contribution >= 0.6 is 23.2 Å². The van der Waals surface area contributed by atoms with Gasteiger partial charge in [-0.15, -0.1) is 35.2 Å². The maximum Gasteiger partial charge on any atom is -0.109 e. The molecule has 0 aliphatic heterocycles. The van der Waals surface area contributed by atoms with E-state index in [0.29, 0.717) is 0 Å². The van der Waals surface area contributed by atoms with Crippen molar-refractivity contribution in [3.05, 3.63) is 200 Å². The molecule has 0 amide bonds. The second kappa shape index (κ2) is 21.7. The number of fused-ring (bicyclic) bond motifs is 3. The van der Waals surface area contributed by atoms with Crippen molar-refractivity contribution in [1.29, 1.82) is 0 Å². The Hall–Kier alpha value is -3.29. The maximum atomic E-state index is 5.88. The van der Waals surface area contributed by atoms with Crippen molar-refractivity contribution >= 4 is 26.4 Å². The van der Waals surface area contributed by atoms with Crippen molar-refractivity contribution in [3.63, 3.8) is 0 Å². The van der Waals surface area contributed by atoms with E-state index in [1.807, 2.05) is 36.4 Å². The van der Waals surface area contributed by atoms with Gasteiger partial charge in [0.25, 0.3) is 0 Å². The molecule has 0 nitrogen and oxygen atoms in total. The van der Waals surface area contributed by atoms with Crippen molar-refractivity contribution in [2.24, 2.45) is 0 Å². The number of hydrogen-bond acceptors (Lipinski definition) is 0. The van der Waals surface area contributed by atoms with Gasteiger partial charge in [-0.05, 0) is 58.9 Å². The zero-order valence-corrected chi connectivity index (χ0v) is 41.5. The molecule has 0 aromatic heterocycles. The minimum absolute atomic E-state index is 0. The molecule has 0 saturated carbocycles. The third kappa shape index (κ3) is 12.6. The van der Waals surface area contributed by atoms with Crippen LogP contribution < -0.4 is 24.8 Å². The van der Waals surface area contributed by atoms with Gasteiger partial charge < -0.3 is 24.8 Å². The van der Waals surface area contributed by atoms with Crippen LogP contribution in [0.3, 0.4) is 0 Å². The molecule has 8 rings (SSSR count). The Morgan fingerprint density at radius 2 is 1.10 bits per heavy atom. The minimum atomic E-state index is 0. The van der Waals surface area contributed by atoms with Crippen LogP contribution in [0.4, 0.5) is 0 Å². The number of rotatable bonds is 6. The second-order valence-corrected chi connectivity index (χ2v) is 20.1. The van der Waals surface area contributed by atoms with Gasteiger partial charge in [0.15, 0.2) is 0 Å². The molecule has 5 heteroatoms. The molecule has 6 aromatic carbocycles. The summed E-state index contributed by atoms with van der Waals surface area (Å²) in [6.45, 7) is 18.4. The molecule has 0 fully saturated rings. The van der Waals surface area contributed by atoms with Gasteiger partial charge in [-0.3, -0.25) is 6.08 Å². The molecule has 2 aliphatic carbocycles. The molecule has 308 valence electrons. The first-order valence-corrected chi connectivity index (χ1v) is 22.2. The van der Waals surface area contributed by atoms with Crippen molar-refractivity contribution < 1.29 is 49.0 Å². The van der Waals surface area contributed by atoms with Crippen LogP contribution in [0.5, 0.6) is 0 Å². The first kappa shape index (κ1) is 49.4. The Morgan fingerprint density at radius 1 is 0.600 bits per heavy atom. The SMILES string of the molecule is Cc1ccccc1-c1[c-]c2c(cc1C(C)(C)C)-c1cc(C(C)(C)C)c(-c3ccccc3C)cc1C2.Clc1ccc(C[C](=[Zr+2])Cc2ccc(Cl)cc2)cc1.[C-]1=CC=CC1.[Cl-].[Cl-]. The summed E-state index contributed by atoms with van der Waals surface area (Å²) >= 11 is 13.2. The summed E-state index contributed by atoms with van der Waals surface area (Å²) in [5.41, 5.74) is 18.9. The molecular weight excluding hydrogens is 894 g/mol. The van der Waals surface area contributed by atoms with Crippen LogP contribution in [-0.4, -0.2) is 3.21 Å². The quantitative estimate of drug-likeness (QED) is 0.146. The Balaban J connectivity index is 0.000000265. The van der Waals surface area contributed by atoms with Gasteiger partial charge in [0.05, 0.1) is 0 Å². The summed E-state index contributed by atoms with van der Waals surface area (Å²) in [7, 11) is 0. The van der Waals surface area contributed by atoms with E-state index >= 15 is 0 Å². The number of aryl methyl sites for hydroxylation is 2. The third-order valence-electron chi connectivity index (χ3n) is 10.8. The summed E-state index contributed by atoms with van der Waals surface area (Å²) in [4.78, 5) is 0. The molecule has 0 spiro atoms. The molecular formula is C55H54Cl4Zr-2. The van der Waals surface area contributed by atoms with Gasteiger partial charge in [0.1, 0.15) is 0 Å². The van der Waals surface area contributed by atoms with Gasteiger partial charge in [-0.25, -0.2) is 12.2 Å². The van der Waals surface area contributed by atoms with Gasteiger partial charge >= 0.3 is 133 Å². The van der Waals surface area contributed by atoms with Crippen molar-refractivity contribution in [1.82, 2.24) is 0 Å². The Bertz CT molecular complexity index is 2290. The van der Waals surface area contributed by atoms with Gasteiger partial charge in [0.2, 0.25) is 0 Å². The average molecular weight is 948 g/mol. The third-order valence-corrected chi connectivity index (χ3v) is 12.1. The topological polar surface area (TPSA) is 0 Å². The largest absolute Gasteiger partial charge is 1.00 e. The molecule has 0 radical (unpaired) electrons. The first-order valence-electron chi connectivity index (χ1n) is 20.2. The van der Waals surface area contributed by atoms with E-state index < -0.39 is 0 Å². The fourth-order valence-corrected chi connectivity index (χ4v) is 8.93. The molecule has 0 unspecified atom stereocenters. The van der Waals surface area contributed by atoms with E-state index in [1.165, 1.54) is 105 Å². The number of halogens is 4. The molecule has 2 aliphatic rings. The Labute approximate surface area is 397 Å². The Morgan fingerprint density at radius 3 is 1.55 bits per heavy atom. The van der Waals surface area contributed by atoms with Gasteiger partial charge in [-0.2, -0.15) is 6.08 Å². The summed E-state index contributed by atoms with van der Waals surface area (Å²) < 4.78 is 1.52. The van der Waals surface area contributed by atoms with Crippen molar-refractivity contribution in [2.75, 3.05) is 0 Å².